The third kappa shape index (κ3) is 5.39. The number of fused-ring (bicyclic) bond motifs is 1. The van der Waals surface area contributed by atoms with Crippen molar-refractivity contribution >= 4 is 28.1 Å². The van der Waals surface area contributed by atoms with E-state index in [4.69, 9.17) is 4.74 Å². The highest BCUT2D eigenvalue weighted by Gasteiger charge is 2.12. The predicted molar refractivity (Wildman–Crippen MR) is 125 cm³/mol. The van der Waals surface area contributed by atoms with E-state index in [0.717, 1.165) is 44.8 Å². The summed E-state index contributed by atoms with van der Waals surface area (Å²) in [4.78, 5) is 29.4. The summed E-state index contributed by atoms with van der Waals surface area (Å²) < 4.78 is 6.02. The lowest BCUT2D eigenvalue weighted by Crippen LogP contribution is -2.30. The minimum absolute atomic E-state index is 0.0202. The van der Waals surface area contributed by atoms with Crippen molar-refractivity contribution in [2.45, 2.75) is 33.4 Å². The first-order valence-electron chi connectivity index (χ1n) is 10.3. The number of rotatable bonds is 8. The van der Waals surface area contributed by atoms with Crippen molar-refractivity contribution in [2.24, 2.45) is 0 Å². The SMILES string of the molecule is CC(=O)N(CCc1n[nH]c(=O)s1)Cc1ccc(OCc2cc(C)nc3ccccc23)cc1. The van der Waals surface area contributed by atoms with Gasteiger partial charge in [-0.15, -0.1) is 0 Å². The molecule has 164 valence electrons. The van der Waals surface area contributed by atoms with Crippen LogP contribution in [0.1, 0.15) is 28.8 Å². The van der Waals surface area contributed by atoms with E-state index in [2.05, 4.69) is 27.3 Å². The van der Waals surface area contributed by atoms with E-state index in [1.165, 1.54) is 0 Å². The standard InChI is InChI=1S/C24H24N4O3S/c1-16-13-19(21-5-3-4-6-22(21)25-16)15-31-20-9-7-18(8-10-20)14-28(17(2)29)12-11-23-26-27-24(30)32-23/h3-10,13H,11-12,14-15H2,1-2H3,(H,27,30). The third-order valence-electron chi connectivity index (χ3n) is 5.14. The molecule has 0 aliphatic heterocycles. The first-order chi connectivity index (χ1) is 15.5. The van der Waals surface area contributed by atoms with Crippen LogP contribution in [0.5, 0.6) is 5.75 Å². The minimum Gasteiger partial charge on any atom is -0.489 e. The Hall–Kier alpha value is -3.52. The van der Waals surface area contributed by atoms with Crippen molar-refractivity contribution in [3.8, 4) is 5.75 Å². The summed E-state index contributed by atoms with van der Waals surface area (Å²) in [6.45, 7) is 4.98. The van der Waals surface area contributed by atoms with Gasteiger partial charge in [0, 0.05) is 43.1 Å². The lowest BCUT2D eigenvalue weighted by Gasteiger charge is -2.20. The average Bonchev–Trinajstić information content (AvgIpc) is 3.20. The van der Waals surface area contributed by atoms with Crippen molar-refractivity contribution in [1.82, 2.24) is 20.1 Å². The van der Waals surface area contributed by atoms with Gasteiger partial charge >= 0.3 is 4.87 Å². The maximum absolute atomic E-state index is 12.0. The number of hydrogen-bond donors (Lipinski definition) is 1. The van der Waals surface area contributed by atoms with Crippen LogP contribution in [-0.4, -0.2) is 32.5 Å². The number of nitrogens with zero attached hydrogens (tertiary/aromatic N) is 3. The van der Waals surface area contributed by atoms with Crippen LogP contribution in [-0.2, 0) is 24.4 Å². The monoisotopic (exact) mass is 448 g/mol. The zero-order valence-corrected chi connectivity index (χ0v) is 18.8. The quantitative estimate of drug-likeness (QED) is 0.442. The molecule has 2 aromatic heterocycles. The number of aryl methyl sites for hydroxylation is 1. The Labute approximate surface area is 189 Å². The normalized spacial score (nSPS) is 10.9. The molecular formula is C24H24N4O3S. The molecule has 4 aromatic rings. The molecule has 1 N–H and O–H groups in total. The molecule has 0 aliphatic carbocycles. The maximum atomic E-state index is 12.0. The molecule has 7 nitrogen and oxygen atoms in total. The molecule has 2 aromatic carbocycles. The number of nitrogens with one attached hydrogen (secondary N) is 1. The number of aromatic amines is 1. The topological polar surface area (TPSA) is 88.2 Å². The molecule has 0 atom stereocenters. The second-order valence-corrected chi connectivity index (χ2v) is 8.62. The van der Waals surface area contributed by atoms with Crippen LogP contribution in [0, 0.1) is 6.92 Å². The van der Waals surface area contributed by atoms with Gasteiger partial charge in [-0.05, 0) is 36.8 Å². The van der Waals surface area contributed by atoms with Gasteiger partial charge in [-0.2, -0.15) is 5.10 Å². The molecule has 2 heterocycles. The Morgan fingerprint density at radius 1 is 1.16 bits per heavy atom. The molecule has 4 rings (SSSR count). The van der Waals surface area contributed by atoms with Crippen LogP contribution in [0.15, 0.2) is 59.4 Å². The number of carbonyl (C=O) groups excluding carboxylic acids is 1. The van der Waals surface area contributed by atoms with E-state index in [-0.39, 0.29) is 10.8 Å². The number of amides is 1. The number of hydrogen-bond acceptors (Lipinski definition) is 6. The summed E-state index contributed by atoms with van der Waals surface area (Å²) >= 11 is 1.07. The van der Waals surface area contributed by atoms with Gasteiger partial charge in [0.05, 0.1) is 5.52 Å². The van der Waals surface area contributed by atoms with Gasteiger partial charge in [0.15, 0.2) is 0 Å². The van der Waals surface area contributed by atoms with E-state index >= 15 is 0 Å². The molecular weight excluding hydrogens is 424 g/mol. The van der Waals surface area contributed by atoms with E-state index in [1.807, 2.05) is 49.4 Å². The summed E-state index contributed by atoms with van der Waals surface area (Å²) in [5, 5.41) is 8.15. The second kappa shape index (κ2) is 9.74. The van der Waals surface area contributed by atoms with Crippen molar-refractivity contribution < 1.29 is 9.53 Å². The Morgan fingerprint density at radius 2 is 1.94 bits per heavy atom. The first-order valence-corrected chi connectivity index (χ1v) is 11.2. The number of aromatic nitrogens is 3. The van der Waals surface area contributed by atoms with E-state index < -0.39 is 0 Å². The van der Waals surface area contributed by atoms with Gasteiger partial charge in [0.2, 0.25) is 5.91 Å². The highest BCUT2D eigenvalue weighted by Crippen LogP contribution is 2.21. The fourth-order valence-corrected chi connectivity index (χ4v) is 4.12. The summed E-state index contributed by atoms with van der Waals surface area (Å²) in [7, 11) is 0. The molecule has 0 spiro atoms. The summed E-state index contributed by atoms with van der Waals surface area (Å²) in [5.74, 6) is 0.746. The second-order valence-electron chi connectivity index (χ2n) is 7.57. The summed E-state index contributed by atoms with van der Waals surface area (Å²) in [5.41, 5.74) is 4.03. The zero-order valence-electron chi connectivity index (χ0n) is 18.0. The number of pyridine rings is 1. The van der Waals surface area contributed by atoms with Crippen molar-refractivity contribution in [1.29, 1.82) is 0 Å². The van der Waals surface area contributed by atoms with Crippen LogP contribution in [0.3, 0.4) is 0 Å². The summed E-state index contributed by atoms with van der Waals surface area (Å²) in [6.07, 6.45) is 0.545. The third-order valence-corrected chi connectivity index (χ3v) is 5.95. The van der Waals surface area contributed by atoms with Crippen LogP contribution in [0.25, 0.3) is 10.9 Å². The molecule has 0 fully saturated rings. The van der Waals surface area contributed by atoms with Crippen LogP contribution in [0.4, 0.5) is 0 Å². The molecule has 0 unspecified atom stereocenters. The number of para-hydroxylation sites is 1. The van der Waals surface area contributed by atoms with E-state index in [0.29, 0.717) is 31.1 Å². The average molecular weight is 449 g/mol. The van der Waals surface area contributed by atoms with Crippen LogP contribution < -0.4 is 9.61 Å². The van der Waals surface area contributed by atoms with Gasteiger partial charge in [-0.25, -0.2) is 5.10 Å². The fourth-order valence-electron chi connectivity index (χ4n) is 3.53. The molecule has 0 radical (unpaired) electrons. The lowest BCUT2D eigenvalue weighted by atomic mass is 10.1. The Balaban J connectivity index is 1.38. The minimum atomic E-state index is -0.181. The highest BCUT2D eigenvalue weighted by atomic mass is 32.1. The van der Waals surface area contributed by atoms with Gasteiger partial charge in [0.25, 0.3) is 0 Å². The Kier molecular flexibility index (Phi) is 6.61. The number of benzene rings is 2. The number of H-pyrrole nitrogens is 1. The molecule has 0 saturated heterocycles. The van der Waals surface area contributed by atoms with Gasteiger partial charge < -0.3 is 9.64 Å². The molecule has 0 aliphatic rings. The Bertz CT molecular complexity index is 1280. The zero-order chi connectivity index (χ0) is 22.5. The van der Waals surface area contributed by atoms with E-state index in [9.17, 15) is 9.59 Å². The number of carbonyl (C=O) groups is 1. The molecule has 8 heteroatoms. The first kappa shape index (κ1) is 21.7. The highest BCUT2D eigenvalue weighted by molar-refractivity contribution is 7.08. The van der Waals surface area contributed by atoms with Crippen LogP contribution >= 0.6 is 11.3 Å². The van der Waals surface area contributed by atoms with Crippen molar-refractivity contribution in [3.05, 3.63) is 86.1 Å². The molecule has 0 bridgehead atoms. The van der Waals surface area contributed by atoms with Crippen molar-refractivity contribution in [3.63, 3.8) is 0 Å². The largest absolute Gasteiger partial charge is 0.489 e. The predicted octanol–water partition coefficient (Wildman–Crippen LogP) is 3.86. The Morgan fingerprint density at radius 3 is 2.66 bits per heavy atom. The van der Waals surface area contributed by atoms with Gasteiger partial charge in [0.1, 0.15) is 17.4 Å². The fraction of sp³-hybridized carbons (Fsp3) is 0.250. The molecule has 32 heavy (non-hydrogen) atoms. The van der Waals surface area contributed by atoms with Gasteiger partial charge in [-0.1, -0.05) is 41.7 Å². The summed E-state index contributed by atoms with van der Waals surface area (Å²) in [6, 6.07) is 17.9. The molecule has 0 saturated carbocycles. The number of ether oxygens (including phenoxy) is 1. The lowest BCUT2D eigenvalue weighted by molar-refractivity contribution is -0.129. The maximum Gasteiger partial charge on any atom is 0.322 e. The molecule has 1 amide bonds. The van der Waals surface area contributed by atoms with Gasteiger partial charge in [-0.3, -0.25) is 14.6 Å². The van der Waals surface area contributed by atoms with Crippen LogP contribution in [0.2, 0.25) is 0 Å². The van der Waals surface area contributed by atoms with E-state index in [1.54, 1.807) is 11.8 Å². The van der Waals surface area contributed by atoms with Crippen molar-refractivity contribution in [2.75, 3.05) is 6.54 Å². The smallest absolute Gasteiger partial charge is 0.322 e.